The fraction of sp³-hybridized carbons (Fsp3) is 0.263. The minimum absolute atomic E-state index is 0.164. The van der Waals surface area contributed by atoms with Gasteiger partial charge in [-0.1, -0.05) is 43.6 Å². The highest BCUT2D eigenvalue weighted by Gasteiger charge is 2.13. The van der Waals surface area contributed by atoms with E-state index < -0.39 is 5.97 Å². The van der Waals surface area contributed by atoms with Gasteiger partial charge in [0, 0.05) is 0 Å². The van der Waals surface area contributed by atoms with Gasteiger partial charge in [-0.05, 0) is 35.7 Å². The molecule has 132 valence electrons. The van der Waals surface area contributed by atoms with Gasteiger partial charge in [0.2, 0.25) is 0 Å². The second kappa shape index (κ2) is 8.53. The van der Waals surface area contributed by atoms with Crippen molar-refractivity contribution in [1.29, 1.82) is 0 Å². The Balaban J connectivity index is 2.05. The van der Waals surface area contributed by atoms with E-state index in [4.69, 9.17) is 16.3 Å². The highest BCUT2D eigenvalue weighted by Crippen LogP contribution is 2.26. The van der Waals surface area contributed by atoms with Crippen molar-refractivity contribution in [2.24, 2.45) is 0 Å². The molecule has 0 saturated heterocycles. The van der Waals surface area contributed by atoms with Crippen LogP contribution in [-0.4, -0.2) is 25.6 Å². The quantitative estimate of drug-likeness (QED) is 0.780. The van der Waals surface area contributed by atoms with Crippen LogP contribution in [0.5, 0.6) is 5.75 Å². The average Bonchev–Trinajstić information content (AvgIpc) is 2.61. The zero-order valence-corrected chi connectivity index (χ0v) is 15.1. The second-order valence-electron chi connectivity index (χ2n) is 5.72. The SMILES string of the molecule is COC(=O)c1ccc(Cl)c(NC(=O)COc2ccccc2C(C)C)c1. The number of carbonyl (C=O) groups is 2. The number of hydrogen-bond acceptors (Lipinski definition) is 4. The molecular formula is C19H20ClNO4. The van der Waals surface area contributed by atoms with Crippen LogP contribution in [0, 0.1) is 0 Å². The van der Waals surface area contributed by atoms with E-state index in [9.17, 15) is 9.59 Å². The van der Waals surface area contributed by atoms with Crippen LogP contribution in [-0.2, 0) is 9.53 Å². The van der Waals surface area contributed by atoms with Crippen molar-refractivity contribution in [3.63, 3.8) is 0 Å². The van der Waals surface area contributed by atoms with E-state index in [-0.39, 0.29) is 18.4 Å². The molecule has 0 fully saturated rings. The van der Waals surface area contributed by atoms with E-state index in [1.165, 1.54) is 25.3 Å². The first kappa shape index (κ1) is 18.8. The first-order valence-corrected chi connectivity index (χ1v) is 8.19. The van der Waals surface area contributed by atoms with Crippen molar-refractivity contribution >= 4 is 29.2 Å². The molecule has 0 bridgehead atoms. The van der Waals surface area contributed by atoms with Gasteiger partial charge in [-0.15, -0.1) is 0 Å². The van der Waals surface area contributed by atoms with Gasteiger partial charge in [0.15, 0.2) is 6.61 Å². The number of methoxy groups -OCH3 is 1. The van der Waals surface area contributed by atoms with Crippen LogP contribution < -0.4 is 10.1 Å². The first-order valence-electron chi connectivity index (χ1n) is 7.81. The number of para-hydroxylation sites is 1. The molecule has 0 spiro atoms. The molecule has 1 N–H and O–H groups in total. The van der Waals surface area contributed by atoms with Crippen LogP contribution in [0.15, 0.2) is 42.5 Å². The number of nitrogens with one attached hydrogen (secondary N) is 1. The first-order chi connectivity index (χ1) is 11.9. The minimum Gasteiger partial charge on any atom is -0.483 e. The highest BCUT2D eigenvalue weighted by molar-refractivity contribution is 6.33. The Morgan fingerprint density at radius 1 is 1.16 bits per heavy atom. The summed E-state index contributed by atoms with van der Waals surface area (Å²) in [5.41, 5.74) is 1.66. The lowest BCUT2D eigenvalue weighted by Gasteiger charge is -2.14. The normalized spacial score (nSPS) is 10.4. The minimum atomic E-state index is -0.505. The number of amides is 1. The van der Waals surface area contributed by atoms with Crippen LogP contribution in [0.25, 0.3) is 0 Å². The van der Waals surface area contributed by atoms with E-state index in [1.54, 1.807) is 0 Å². The maximum absolute atomic E-state index is 12.2. The molecule has 0 aliphatic carbocycles. The third-order valence-electron chi connectivity index (χ3n) is 3.56. The maximum Gasteiger partial charge on any atom is 0.337 e. The Hall–Kier alpha value is -2.53. The summed E-state index contributed by atoms with van der Waals surface area (Å²) >= 11 is 6.06. The third kappa shape index (κ3) is 4.97. The molecule has 0 radical (unpaired) electrons. The van der Waals surface area contributed by atoms with Gasteiger partial charge in [0.05, 0.1) is 23.4 Å². The number of esters is 1. The van der Waals surface area contributed by atoms with Crippen LogP contribution in [0.3, 0.4) is 0 Å². The second-order valence-corrected chi connectivity index (χ2v) is 6.12. The summed E-state index contributed by atoms with van der Waals surface area (Å²) in [7, 11) is 1.29. The largest absolute Gasteiger partial charge is 0.483 e. The zero-order valence-electron chi connectivity index (χ0n) is 14.3. The predicted molar refractivity (Wildman–Crippen MR) is 97.4 cm³/mol. The molecule has 5 nitrogen and oxygen atoms in total. The van der Waals surface area contributed by atoms with Crippen molar-refractivity contribution in [3.8, 4) is 5.75 Å². The van der Waals surface area contributed by atoms with Crippen molar-refractivity contribution in [2.75, 3.05) is 19.0 Å². The topological polar surface area (TPSA) is 64.6 Å². The lowest BCUT2D eigenvalue weighted by Crippen LogP contribution is -2.21. The number of anilines is 1. The molecule has 0 unspecified atom stereocenters. The van der Waals surface area contributed by atoms with E-state index >= 15 is 0 Å². The van der Waals surface area contributed by atoms with E-state index in [2.05, 4.69) is 23.9 Å². The smallest absolute Gasteiger partial charge is 0.337 e. The molecule has 0 atom stereocenters. The number of halogens is 1. The molecule has 2 aromatic rings. The summed E-state index contributed by atoms with van der Waals surface area (Å²) in [5, 5.41) is 2.97. The van der Waals surface area contributed by atoms with Gasteiger partial charge in [-0.25, -0.2) is 4.79 Å². The summed E-state index contributed by atoms with van der Waals surface area (Å²) < 4.78 is 10.3. The lowest BCUT2D eigenvalue weighted by molar-refractivity contribution is -0.118. The average molecular weight is 362 g/mol. The molecule has 25 heavy (non-hydrogen) atoms. The van der Waals surface area contributed by atoms with Crippen LogP contribution in [0.1, 0.15) is 35.7 Å². The summed E-state index contributed by atoms with van der Waals surface area (Å²) in [4.78, 5) is 23.7. The molecule has 0 aliphatic rings. The monoisotopic (exact) mass is 361 g/mol. The Kier molecular flexibility index (Phi) is 6.42. The summed E-state index contributed by atoms with van der Waals surface area (Å²) in [6.07, 6.45) is 0. The van der Waals surface area contributed by atoms with Crippen molar-refractivity contribution < 1.29 is 19.1 Å². The van der Waals surface area contributed by atoms with Crippen LogP contribution >= 0.6 is 11.6 Å². The summed E-state index contributed by atoms with van der Waals surface area (Å²) in [6, 6.07) is 12.1. The van der Waals surface area contributed by atoms with Crippen LogP contribution in [0.4, 0.5) is 5.69 Å². The Morgan fingerprint density at radius 3 is 2.56 bits per heavy atom. The van der Waals surface area contributed by atoms with E-state index in [0.29, 0.717) is 22.0 Å². The Bertz CT molecular complexity index is 774. The number of hydrogen-bond donors (Lipinski definition) is 1. The molecule has 6 heteroatoms. The molecule has 0 aromatic heterocycles. The lowest BCUT2D eigenvalue weighted by atomic mass is 10.0. The van der Waals surface area contributed by atoms with E-state index in [0.717, 1.165) is 5.56 Å². The van der Waals surface area contributed by atoms with Gasteiger partial charge in [-0.2, -0.15) is 0 Å². The van der Waals surface area contributed by atoms with Gasteiger partial charge in [0.25, 0.3) is 5.91 Å². The predicted octanol–water partition coefficient (Wildman–Crippen LogP) is 4.27. The summed E-state index contributed by atoms with van der Waals surface area (Å²) in [6.45, 7) is 3.95. The molecule has 2 aromatic carbocycles. The zero-order chi connectivity index (χ0) is 18.4. The van der Waals surface area contributed by atoms with Gasteiger partial charge in [-0.3, -0.25) is 4.79 Å². The molecule has 1 amide bonds. The molecule has 0 heterocycles. The van der Waals surface area contributed by atoms with Crippen molar-refractivity contribution in [3.05, 3.63) is 58.6 Å². The number of rotatable bonds is 6. The number of benzene rings is 2. The van der Waals surface area contributed by atoms with Gasteiger partial charge >= 0.3 is 5.97 Å². The number of ether oxygens (including phenoxy) is 2. The fourth-order valence-corrected chi connectivity index (χ4v) is 2.45. The molecule has 0 aliphatic heterocycles. The van der Waals surface area contributed by atoms with Crippen LogP contribution in [0.2, 0.25) is 5.02 Å². The van der Waals surface area contributed by atoms with Crippen molar-refractivity contribution in [2.45, 2.75) is 19.8 Å². The fourth-order valence-electron chi connectivity index (χ4n) is 2.28. The van der Waals surface area contributed by atoms with Crippen molar-refractivity contribution in [1.82, 2.24) is 0 Å². The van der Waals surface area contributed by atoms with Gasteiger partial charge in [0.1, 0.15) is 5.75 Å². The Labute approximate surface area is 151 Å². The third-order valence-corrected chi connectivity index (χ3v) is 3.89. The maximum atomic E-state index is 12.2. The van der Waals surface area contributed by atoms with Gasteiger partial charge < -0.3 is 14.8 Å². The molecule has 2 rings (SSSR count). The Morgan fingerprint density at radius 2 is 1.88 bits per heavy atom. The standard InChI is InChI=1S/C19H20ClNO4/c1-12(2)14-6-4-5-7-17(14)25-11-18(22)21-16-10-13(19(23)24-3)8-9-15(16)20/h4-10,12H,11H2,1-3H3,(H,21,22). The number of carbonyl (C=O) groups excluding carboxylic acids is 2. The highest BCUT2D eigenvalue weighted by atomic mass is 35.5. The molecular weight excluding hydrogens is 342 g/mol. The van der Waals surface area contributed by atoms with E-state index in [1.807, 2.05) is 24.3 Å². The summed E-state index contributed by atoms with van der Waals surface area (Å²) in [5.74, 6) is 0.0734. The molecule has 0 saturated carbocycles.